The second-order valence-corrected chi connectivity index (χ2v) is 27.5. The summed E-state index contributed by atoms with van der Waals surface area (Å²) in [6.07, 6.45) is 17.1. The Morgan fingerprint density at radius 1 is 0.367 bits per heavy atom. The molecule has 24 nitrogen and oxygen atoms in total. The van der Waals surface area contributed by atoms with Crippen LogP contribution in [0.25, 0.3) is 0 Å². The fourth-order valence-corrected chi connectivity index (χ4v) is 9.28. The molecule has 0 aromatic carbocycles. The minimum atomic E-state index is -1.26. The molecule has 0 heterocycles. The van der Waals surface area contributed by atoms with Crippen molar-refractivity contribution in [2.75, 3.05) is 45.8 Å². The second-order valence-electron chi connectivity index (χ2n) is 27.5. The lowest BCUT2D eigenvalue weighted by molar-refractivity contribution is -0.488. The lowest BCUT2D eigenvalue weighted by Gasteiger charge is -2.13. The second kappa shape index (κ2) is 81.4. The van der Waals surface area contributed by atoms with Crippen LogP contribution < -0.4 is 0 Å². The maximum Gasteiger partial charge on any atom is 0.307 e. The van der Waals surface area contributed by atoms with Gasteiger partial charge in [-0.25, -0.2) is 0 Å². The van der Waals surface area contributed by atoms with Crippen molar-refractivity contribution in [3.05, 3.63) is 10.1 Å². The molecule has 24 heteroatoms. The summed E-state index contributed by atoms with van der Waals surface area (Å²) < 4.78 is 4.85. The molecule has 0 saturated heterocycles. The average molecular weight is 1540 g/mol. The van der Waals surface area contributed by atoms with E-state index < -0.39 is 34.7 Å². The van der Waals surface area contributed by atoms with E-state index in [-0.39, 0.29) is 58.1 Å². The minimum absolute atomic E-state index is 0.0524. The molecule has 0 aliphatic rings. The minimum Gasteiger partial charge on any atom is -0.448 e. The zero-order valence-electron chi connectivity index (χ0n) is 74.7. The zero-order valence-corrected chi connectivity index (χ0v) is 74.7. The summed E-state index contributed by atoms with van der Waals surface area (Å²) in [5.74, 6) is -0.529. The molecule has 0 spiro atoms. The topological polar surface area (TPSA) is 358 Å². The van der Waals surface area contributed by atoms with E-state index in [0.717, 1.165) is 137 Å². The van der Waals surface area contributed by atoms with E-state index in [0.29, 0.717) is 74.5 Å². The van der Waals surface area contributed by atoms with Crippen molar-refractivity contribution < 1.29 is 57.6 Å². The third kappa shape index (κ3) is 87.5. The van der Waals surface area contributed by atoms with Crippen LogP contribution in [-0.4, -0.2) is 184 Å². The summed E-state index contributed by atoms with van der Waals surface area (Å²) in [7, 11) is 0. The van der Waals surface area contributed by atoms with Gasteiger partial charge in [0.2, 0.25) is 5.78 Å². The van der Waals surface area contributed by atoms with E-state index in [1.54, 1.807) is 55.4 Å². The first-order chi connectivity index (χ1) is 50.8. The van der Waals surface area contributed by atoms with E-state index in [2.05, 4.69) is 93.4 Å². The van der Waals surface area contributed by atoms with Gasteiger partial charge in [0.05, 0.1) is 29.3 Å². The van der Waals surface area contributed by atoms with Crippen LogP contribution in [0.5, 0.6) is 0 Å². The Hall–Kier alpha value is -7.58. The summed E-state index contributed by atoms with van der Waals surface area (Å²) in [5, 5.41) is 19.1. The van der Waals surface area contributed by atoms with Crippen LogP contribution in [0.2, 0.25) is 0 Å². The van der Waals surface area contributed by atoms with Gasteiger partial charge in [-0.3, -0.25) is 103 Å². The normalized spacial score (nSPS) is 13.4. The molecule has 6 atom stereocenters. The van der Waals surface area contributed by atoms with Gasteiger partial charge in [-0.05, 0) is 203 Å². The number of hydrogen-bond acceptors (Lipinski definition) is 23. The maximum atomic E-state index is 11.3. The van der Waals surface area contributed by atoms with E-state index >= 15 is 0 Å². The molecule has 0 aromatic rings. The van der Waals surface area contributed by atoms with Crippen LogP contribution in [0.3, 0.4) is 0 Å². The molecule has 0 radical (unpaired) electrons. The Kier molecular flexibility index (Phi) is 89.4. The Morgan fingerprint density at radius 2 is 0.725 bits per heavy atom. The Labute approximate surface area is 661 Å². The number of Topliss-reactive ketones (excluding diaryl/α,β-unsaturated/α-hetero) is 9. The van der Waals surface area contributed by atoms with Crippen LogP contribution in [0.1, 0.15) is 344 Å². The molecule has 0 fully saturated rings. The molecule has 0 bridgehead atoms. The van der Waals surface area contributed by atoms with Gasteiger partial charge >= 0.3 is 12.0 Å². The third-order valence-corrected chi connectivity index (χ3v) is 14.7. The number of carbonyl (C=O) groups excluding carboxylic acids is 10. The number of nitrogens with zero attached hydrogens (tertiary/aromatic N) is 11. The lowest BCUT2D eigenvalue weighted by atomic mass is 9.95. The van der Waals surface area contributed by atoms with E-state index in [4.69, 9.17) is 10.00 Å². The highest BCUT2D eigenvalue weighted by Gasteiger charge is 2.29. The average Bonchev–Trinajstić information content (AvgIpc) is 0.970. The number of rotatable bonds is 44. The molecule has 0 N–H and O–H groups in total. The van der Waals surface area contributed by atoms with Gasteiger partial charge < -0.3 is 4.74 Å². The zero-order chi connectivity index (χ0) is 86.8. The summed E-state index contributed by atoms with van der Waals surface area (Å²) in [6.45, 7) is 63.5. The van der Waals surface area contributed by atoms with Crippen molar-refractivity contribution in [2.45, 2.75) is 368 Å². The smallest absolute Gasteiger partial charge is 0.307 e. The SMILES string of the molecule is CC(=O)CC(C)=NC(C)C.CCC(C)N=C(C)CC(C)=O.CCCCCCN=C(C)CC(C)=O.CCCCN=C(C)CC(C)=O.CCCN=C(C)C(C#N)C(C)=O.CCCN=C(C)C(C(C)=O)[N+](=O)[O-].CCCN=C(C)C(CC)C(C)=O.CCCN=C(C)C(CCC)C(C)=O.CCCN=C(C)C(OC(C)=O)C(C)=O. The summed E-state index contributed by atoms with van der Waals surface area (Å²) in [6, 6.07) is 1.33. The van der Waals surface area contributed by atoms with Gasteiger partial charge in [-0.2, -0.15) is 5.26 Å². The molecule has 0 aromatic heterocycles. The molecule has 6 unspecified atom stereocenters. The van der Waals surface area contributed by atoms with Gasteiger partial charge in [0.1, 0.15) is 40.6 Å². The highest BCUT2D eigenvalue weighted by Crippen LogP contribution is 2.11. The Bertz CT molecular complexity index is 2900. The van der Waals surface area contributed by atoms with Gasteiger partial charge in [-0.15, -0.1) is 0 Å². The number of nitriles is 1. The summed E-state index contributed by atoms with van der Waals surface area (Å²) in [4.78, 5) is 156. The van der Waals surface area contributed by atoms with Crippen molar-refractivity contribution in [1.82, 2.24) is 0 Å². The van der Waals surface area contributed by atoms with E-state index in [1.807, 2.05) is 89.2 Å². The van der Waals surface area contributed by atoms with Gasteiger partial charge in [0.25, 0.3) is 0 Å². The quantitative estimate of drug-likeness (QED) is 0.0180. The lowest BCUT2D eigenvalue weighted by Crippen LogP contribution is -2.34. The van der Waals surface area contributed by atoms with Crippen molar-refractivity contribution in [2.24, 2.45) is 62.7 Å². The highest BCUT2D eigenvalue weighted by molar-refractivity contribution is 6.08. The number of aliphatic imine (C=N–C) groups is 9. The molecule has 0 aliphatic heterocycles. The fourth-order valence-electron chi connectivity index (χ4n) is 9.28. The Morgan fingerprint density at radius 3 is 1.02 bits per heavy atom. The third-order valence-electron chi connectivity index (χ3n) is 14.7. The first-order valence-electron chi connectivity index (χ1n) is 39.6. The fraction of sp³-hybridized carbons (Fsp3) is 0.765. The number of ether oxygens (including phenoxy) is 1. The van der Waals surface area contributed by atoms with Crippen LogP contribution in [0.4, 0.5) is 0 Å². The number of hydrogen-bond donors (Lipinski definition) is 0. The van der Waals surface area contributed by atoms with Crippen molar-refractivity contribution in [1.29, 1.82) is 5.26 Å². The molecule has 0 rings (SSSR count). The molecule has 0 amide bonds. The largest absolute Gasteiger partial charge is 0.448 e. The number of esters is 1. The summed E-state index contributed by atoms with van der Waals surface area (Å²) in [5.41, 5.74) is 7.31. The first kappa shape index (κ1) is 120. The Balaban J connectivity index is -0.000000148. The van der Waals surface area contributed by atoms with Gasteiger partial charge in [0.15, 0.2) is 17.7 Å². The highest BCUT2D eigenvalue weighted by atomic mass is 16.6. The molecule has 628 valence electrons. The first-order valence-corrected chi connectivity index (χ1v) is 39.6. The van der Waals surface area contributed by atoms with Crippen molar-refractivity contribution in [3.63, 3.8) is 0 Å². The number of ketones is 9. The maximum absolute atomic E-state index is 11.3. The van der Waals surface area contributed by atoms with Crippen LogP contribution in [0.15, 0.2) is 44.9 Å². The van der Waals surface area contributed by atoms with Crippen LogP contribution in [-0.2, 0) is 52.7 Å². The van der Waals surface area contributed by atoms with Crippen molar-refractivity contribution in [3.8, 4) is 6.07 Å². The predicted octanol–water partition coefficient (Wildman–Crippen LogP) is 18.7. The van der Waals surface area contributed by atoms with E-state index in [9.17, 15) is 58.1 Å². The number of carbonyl (C=O) groups is 10. The number of nitro groups is 1. The molecule has 0 saturated carbocycles. The predicted molar refractivity (Wildman–Crippen MR) is 460 cm³/mol. The van der Waals surface area contributed by atoms with Crippen LogP contribution in [0, 0.1) is 39.2 Å². The molecule has 109 heavy (non-hydrogen) atoms. The standard InChI is InChI=1S/2C11H21NO.C10H17NO3.C10H19NO.C9H14N2O.2C9H17NO.C8H14N2O3.C8H15NO/c1-5-7-11(10(4)13)9(3)12-8-6-2;1-4-5-6-7-8-12-10(2)9-11(3)13;1-5-6-11-7(2)10(8(3)12)14-9(4)13;1-5-7-11-8(3)10(6-2)9(4)12;1-4-5-11-7(2)9(6-10)8(3)12;1-5-7(2)10-8(3)6-9(4)11;1-4-5-6-10-8(2)7-9(3)11;1-4-5-9-6(2)8(7(3)11)10(12)13;1-6(2)9-7(3)5-8(4)10/h11H,5-8H2,1-4H3;4-9H2,1-3H3;10H,5-6H2,1-4H3;10H,5-7H2,1-4H3;9H,4-5H2,1-3H3;7H,5-6H2,1-4H3;4-7H2,1-3H3;8H,4-5H2,1-3H3;6H,5H2,1-4H3. The molecular weight excluding hydrogens is 1380 g/mol. The summed E-state index contributed by atoms with van der Waals surface area (Å²) >= 11 is 0. The van der Waals surface area contributed by atoms with Crippen molar-refractivity contribution >= 4 is 109 Å². The van der Waals surface area contributed by atoms with Gasteiger partial charge in [0, 0.05) is 142 Å². The molecular formula is C85H155N11O13. The van der Waals surface area contributed by atoms with Crippen LogP contribution >= 0.6 is 0 Å². The monoisotopic (exact) mass is 1540 g/mol. The molecule has 0 aliphatic carbocycles. The van der Waals surface area contributed by atoms with E-state index in [1.165, 1.54) is 53.9 Å². The van der Waals surface area contributed by atoms with Gasteiger partial charge in [-0.1, -0.05) is 101 Å². The number of unbranched alkanes of at least 4 members (excludes halogenated alkanes) is 4.